The van der Waals surface area contributed by atoms with Gasteiger partial charge in [0.05, 0.1) is 92.1 Å². The SMILES string of the molecule is N#Cc1cccc(-c2ccc3c4ccc(-c5cccc(C#N)c5)cc4n(-c4cc(-c5cccc(C#N)c5)c(-n5c6cc(-c7cccc(C#N)c7)ccc6c6ccc(-c7cccc(C#N)c7)cc65)cn4)c3c2)c1. The van der Waals surface area contributed by atoms with Gasteiger partial charge in [0, 0.05) is 27.1 Å². The number of hydrogen-bond donors (Lipinski definition) is 0. The quantitative estimate of drug-likeness (QED) is 0.156. The Morgan fingerprint density at radius 2 is 0.583 bits per heavy atom. The Kier molecular flexibility index (Phi) is 10.3. The van der Waals surface area contributed by atoms with E-state index in [0.717, 1.165) is 105 Å². The fourth-order valence-corrected chi connectivity index (χ4v) is 10.1. The van der Waals surface area contributed by atoms with Gasteiger partial charge in [-0.1, -0.05) is 109 Å². The molecule has 8 nitrogen and oxygen atoms in total. The van der Waals surface area contributed by atoms with Gasteiger partial charge in [-0.15, -0.1) is 0 Å². The van der Waals surface area contributed by atoms with Gasteiger partial charge in [0.25, 0.3) is 0 Å². The second kappa shape index (κ2) is 17.4. The summed E-state index contributed by atoms with van der Waals surface area (Å²) in [6, 6.07) is 77.0. The molecule has 3 heterocycles. The maximum Gasteiger partial charge on any atom is 0.138 e. The molecule has 0 aliphatic rings. The molecule has 0 saturated carbocycles. The molecule has 0 radical (unpaired) electrons. The lowest BCUT2D eigenvalue weighted by atomic mass is 10.0. The average Bonchev–Trinajstić information content (AvgIpc) is 3.96. The summed E-state index contributed by atoms with van der Waals surface area (Å²) in [5.74, 6) is 0.630. The van der Waals surface area contributed by atoms with Crippen molar-refractivity contribution in [3.05, 3.63) is 234 Å². The van der Waals surface area contributed by atoms with Crippen molar-refractivity contribution in [2.75, 3.05) is 0 Å². The van der Waals surface area contributed by atoms with Gasteiger partial charge >= 0.3 is 0 Å². The number of benzene rings is 9. The third-order valence-electron chi connectivity index (χ3n) is 13.5. The third-order valence-corrected chi connectivity index (χ3v) is 13.5. The summed E-state index contributed by atoms with van der Waals surface area (Å²) in [6.07, 6.45) is 1.91. The summed E-state index contributed by atoms with van der Waals surface area (Å²) >= 11 is 0. The van der Waals surface area contributed by atoms with Gasteiger partial charge < -0.3 is 4.57 Å². The van der Waals surface area contributed by atoms with E-state index < -0.39 is 0 Å². The van der Waals surface area contributed by atoms with Crippen LogP contribution in [0.3, 0.4) is 0 Å². The van der Waals surface area contributed by atoms with Crippen LogP contribution in [0, 0.1) is 56.7 Å². The summed E-state index contributed by atoms with van der Waals surface area (Å²) in [6.45, 7) is 0. The highest BCUT2D eigenvalue weighted by Crippen LogP contribution is 2.42. The maximum absolute atomic E-state index is 10.3. The predicted molar refractivity (Wildman–Crippen MR) is 284 cm³/mol. The van der Waals surface area contributed by atoms with E-state index in [0.29, 0.717) is 33.6 Å². The largest absolute Gasteiger partial charge is 0.307 e. The van der Waals surface area contributed by atoms with Crippen LogP contribution < -0.4 is 0 Å². The Bertz CT molecular complexity index is 4250. The van der Waals surface area contributed by atoms with Crippen molar-refractivity contribution >= 4 is 43.6 Å². The van der Waals surface area contributed by atoms with Gasteiger partial charge in [0.15, 0.2) is 0 Å². The fraction of sp³-hybridized carbons (Fsp3) is 0. The van der Waals surface area contributed by atoms with Crippen LogP contribution in [0.2, 0.25) is 0 Å². The van der Waals surface area contributed by atoms with Gasteiger partial charge in [0.1, 0.15) is 5.82 Å². The van der Waals surface area contributed by atoms with E-state index in [9.17, 15) is 26.3 Å². The van der Waals surface area contributed by atoms with Crippen molar-refractivity contribution in [1.29, 1.82) is 26.3 Å². The molecule has 330 valence electrons. The highest BCUT2D eigenvalue weighted by Gasteiger charge is 2.22. The van der Waals surface area contributed by atoms with Crippen LogP contribution in [0.5, 0.6) is 0 Å². The van der Waals surface area contributed by atoms with Gasteiger partial charge in [-0.2, -0.15) is 26.3 Å². The second-order valence-electron chi connectivity index (χ2n) is 17.6. The van der Waals surface area contributed by atoms with Crippen LogP contribution in [0.25, 0.3) is 111 Å². The fourth-order valence-electron chi connectivity index (χ4n) is 10.1. The number of fused-ring (bicyclic) bond motifs is 6. The minimum Gasteiger partial charge on any atom is -0.307 e. The zero-order valence-corrected chi connectivity index (χ0v) is 38.2. The van der Waals surface area contributed by atoms with Gasteiger partial charge in [-0.25, -0.2) is 4.98 Å². The molecule has 12 rings (SSSR count). The van der Waals surface area contributed by atoms with Crippen LogP contribution in [-0.4, -0.2) is 14.1 Å². The molecule has 0 unspecified atom stereocenters. The number of aromatic nitrogens is 3. The molecule has 0 spiro atoms. The van der Waals surface area contributed by atoms with Crippen LogP contribution in [-0.2, 0) is 0 Å². The van der Waals surface area contributed by atoms with Crippen molar-refractivity contribution in [3.8, 4) is 97.5 Å². The zero-order valence-electron chi connectivity index (χ0n) is 38.2. The molecule has 0 atom stereocenters. The lowest BCUT2D eigenvalue weighted by molar-refractivity contribution is 1.06. The summed E-state index contributed by atoms with van der Waals surface area (Å²) in [4.78, 5) is 5.40. The number of nitrogens with zero attached hydrogens (tertiary/aromatic N) is 8. The van der Waals surface area contributed by atoms with Crippen LogP contribution in [0.15, 0.2) is 206 Å². The van der Waals surface area contributed by atoms with E-state index in [-0.39, 0.29) is 0 Å². The molecule has 8 heteroatoms. The first kappa shape index (κ1) is 42.5. The molecule has 0 N–H and O–H groups in total. The second-order valence-corrected chi connectivity index (χ2v) is 17.6. The van der Waals surface area contributed by atoms with E-state index in [1.807, 2.05) is 97.2 Å². The molecule has 0 fully saturated rings. The topological polar surface area (TPSA) is 142 Å². The van der Waals surface area contributed by atoms with Gasteiger partial charge in [0.2, 0.25) is 0 Å². The van der Waals surface area contributed by atoms with Crippen LogP contribution in [0.4, 0.5) is 0 Å². The maximum atomic E-state index is 10.3. The molecular formula is C64H34N8. The van der Waals surface area contributed by atoms with Gasteiger partial charge in [-0.3, -0.25) is 4.57 Å². The Morgan fingerprint density at radius 1 is 0.292 bits per heavy atom. The Balaban J connectivity index is 1.17. The molecule has 9 aromatic carbocycles. The third kappa shape index (κ3) is 7.25. The van der Waals surface area contributed by atoms with Crippen molar-refractivity contribution in [1.82, 2.24) is 14.1 Å². The summed E-state index contributed by atoms with van der Waals surface area (Å²) in [5, 5.41) is 53.7. The van der Waals surface area contributed by atoms with E-state index in [2.05, 4.69) is 118 Å². The highest BCUT2D eigenvalue weighted by molar-refractivity contribution is 6.13. The van der Waals surface area contributed by atoms with Crippen LogP contribution >= 0.6 is 0 Å². The van der Waals surface area contributed by atoms with E-state index in [1.165, 1.54) is 0 Å². The van der Waals surface area contributed by atoms with E-state index in [4.69, 9.17) is 4.98 Å². The Morgan fingerprint density at radius 3 is 0.917 bits per heavy atom. The molecule has 72 heavy (non-hydrogen) atoms. The lowest BCUT2D eigenvalue weighted by Gasteiger charge is -2.17. The molecule has 0 bridgehead atoms. The number of hydrogen-bond acceptors (Lipinski definition) is 6. The van der Waals surface area contributed by atoms with Crippen molar-refractivity contribution < 1.29 is 0 Å². The minimum atomic E-state index is 0.503. The first-order valence-electron chi connectivity index (χ1n) is 23.1. The molecule has 0 amide bonds. The standard InChI is InChI=1S/C64H34N8/c65-34-40-6-1-11-45(24-40)49-16-20-54-55-21-17-50(46-12-2-7-41(25-46)35-66)30-60(55)71(59(54)29-49)63-39-70-64(33-58(63)53-15-5-10-44(28-53)38-69)72-61-31-51(47-13-3-8-42(26-47)36-67)18-22-56(61)57-23-19-52(32-62(57)72)48-14-4-9-43(27-48)37-68/h1-33,39H. The first-order chi connectivity index (χ1) is 35.4. The summed E-state index contributed by atoms with van der Waals surface area (Å²) < 4.78 is 4.41. The number of pyridine rings is 1. The van der Waals surface area contributed by atoms with Crippen molar-refractivity contribution in [2.24, 2.45) is 0 Å². The number of rotatable bonds is 7. The predicted octanol–water partition coefficient (Wildman–Crippen LogP) is 15.0. The summed E-state index contributed by atoms with van der Waals surface area (Å²) in [7, 11) is 0. The molecule has 0 saturated heterocycles. The first-order valence-corrected chi connectivity index (χ1v) is 23.1. The zero-order chi connectivity index (χ0) is 48.9. The van der Waals surface area contributed by atoms with Crippen molar-refractivity contribution in [3.63, 3.8) is 0 Å². The Hall–Kier alpha value is -10.8. The minimum absolute atomic E-state index is 0.503. The number of nitriles is 5. The van der Waals surface area contributed by atoms with E-state index >= 15 is 0 Å². The van der Waals surface area contributed by atoms with Crippen molar-refractivity contribution in [2.45, 2.75) is 0 Å². The van der Waals surface area contributed by atoms with Gasteiger partial charge in [-0.05, 0) is 141 Å². The summed E-state index contributed by atoms with van der Waals surface area (Å²) in [5.41, 5.74) is 16.1. The van der Waals surface area contributed by atoms with E-state index in [1.54, 1.807) is 30.3 Å². The molecule has 0 aliphatic carbocycles. The lowest BCUT2D eigenvalue weighted by Crippen LogP contribution is -2.04. The molecule has 12 aromatic rings. The monoisotopic (exact) mass is 914 g/mol. The highest BCUT2D eigenvalue weighted by atomic mass is 15.1. The molecule has 3 aromatic heterocycles. The van der Waals surface area contributed by atoms with Crippen LogP contribution in [0.1, 0.15) is 27.8 Å². The normalized spacial score (nSPS) is 11.0. The molecular weight excluding hydrogens is 881 g/mol. The smallest absolute Gasteiger partial charge is 0.138 e. The Labute approximate surface area is 413 Å². The molecule has 0 aliphatic heterocycles. The average molecular weight is 915 g/mol.